The van der Waals surface area contributed by atoms with Crippen LogP contribution in [0.15, 0.2) is 48.5 Å². The molecule has 0 unspecified atom stereocenters. The van der Waals surface area contributed by atoms with Gasteiger partial charge in [-0.3, -0.25) is 4.90 Å². The fourth-order valence-corrected chi connectivity index (χ4v) is 5.94. The highest BCUT2D eigenvalue weighted by Crippen LogP contribution is 2.45. The van der Waals surface area contributed by atoms with Crippen LogP contribution in [0.1, 0.15) is 68.4 Å². The number of fused-ring (bicyclic) bond motifs is 1. The van der Waals surface area contributed by atoms with Gasteiger partial charge >= 0.3 is 0 Å². The number of nitrogens with zero attached hydrogens (tertiary/aromatic N) is 1. The Morgan fingerprint density at radius 2 is 1.65 bits per heavy atom. The summed E-state index contributed by atoms with van der Waals surface area (Å²) in [6, 6.07) is 17.9. The van der Waals surface area contributed by atoms with Gasteiger partial charge < -0.3 is 9.47 Å². The standard InChI is InChI=1S/C31H39NO2/c1-23-11-16-30(34-20-19-32-17-7-4-8-18-32)29(21-23)31-27(24-9-5-3-6-10-24)14-12-25-22-26(33-2)13-15-28(25)31/h11-16,21-22,24H,3-10,17-20H2,1-2H3. The molecule has 3 aromatic carbocycles. The van der Waals surface area contributed by atoms with Crippen molar-refractivity contribution in [1.29, 1.82) is 0 Å². The van der Waals surface area contributed by atoms with E-state index in [-0.39, 0.29) is 0 Å². The average molecular weight is 458 g/mol. The van der Waals surface area contributed by atoms with Gasteiger partial charge in [0.05, 0.1) is 7.11 Å². The lowest BCUT2D eigenvalue weighted by atomic mass is 9.79. The molecule has 1 aliphatic carbocycles. The maximum atomic E-state index is 6.52. The fourth-order valence-electron chi connectivity index (χ4n) is 5.94. The Bertz CT molecular complexity index is 1110. The van der Waals surface area contributed by atoms with Crippen molar-refractivity contribution in [2.45, 2.75) is 64.2 Å². The zero-order valence-electron chi connectivity index (χ0n) is 20.9. The largest absolute Gasteiger partial charge is 0.497 e. The molecule has 0 atom stereocenters. The maximum Gasteiger partial charge on any atom is 0.127 e. The first kappa shape index (κ1) is 23.2. The lowest BCUT2D eigenvalue weighted by Crippen LogP contribution is -2.33. The van der Waals surface area contributed by atoms with Crippen molar-refractivity contribution >= 4 is 10.8 Å². The molecule has 1 saturated heterocycles. The van der Waals surface area contributed by atoms with E-state index in [0.717, 1.165) is 24.7 Å². The number of likely N-dealkylation sites (tertiary alicyclic amines) is 1. The van der Waals surface area contributed by atoms with Gasteiger partial charge in [0.2, 0.25) is 0 Å². The van der Waals surface area contributed by atoms with Gasteiger partial charge in [0.15, 0.2) is 0 Å². The van der Waals surface area contributed by atoms with Crippen LogP contribution in [0.3, 0.4) is 0 Å². The summed E-state index contributed by atoms with van der Waals surface area (Å²) in [5, 5.41) is 2.53. The molecule has 180 valence electrons. The summed E-state index contributed by atoms with van der Waals surface area (Å²) < 4.78 is 12.1. The Hall–Kier alpha value is -2.52. The molecular formula is C31H39NO2. The van der Waals surface area contributed by atoms with E-state index in [1.54, 1.807) is 7.11 Å². The van der Waals surface area contributed by atoms with Crippen LogP contribution < -0.4 is 9.47 Å². The van der Waals surface area contributed by atoms with E-state index in [9.17, 15) is 0 Å². The molecule has 2 fully saturated rings. The molecule has 34 heavy (non-hydrogen) atoms. The number of benzene rings is 3. The summed E-state index contributed by atoms with van der Waals surface area (Å²) in [7, 11) is 1.74. The fraction of sp³-hybridized carbons (Fsp3) is 0.484. The molecule has 0 radical (unpaired) electrons. The molecule has 3 aromatic rings. The summed E-state index contributed by atoms with van der Waals surface area (Å²) in [6.45, 7) is 6.36. The van der Waals surface area contributed by atoms with E-state index in [4.69, 9.17) is 9.47 Å². The molecule has 0 amide bonds. The molecule has 3 nitrogen and oxygen atoms in total. The molecule has 0 bridgehead atoms. The molecule has 0 aromatic heterocycles. The van der Waals surface area contributed by atoms with Gasteiger partial charge in [-0.15, -0.1) is 0 Å². The van der Waals surface area contributed by atoms with Crippen LogP contribution >= 0.6 is 0 Å². The van der Waals surface area contributed by atoms with Crippen LogP contribution in [0.25, 0.3) is 21.9 Å². The maximum absolute atomic E-state index is 6.52. The van der Waals surface area contributed by atoms with Crippen LogP contribution in [0.5, 0.6) is 11.5 Å². The summed E-state index contributed by atoms with van der Waals surface area (Å²) in [5.74, 6) is 2.55. The zero-order valence-corrected chi connectivity index (χ0v) is 20.9. The van der Waals surface area contributed by atoms with Crippen LogP contribution in [-0.4, -0.2) is 38.3 Å². The van der Waals surface area contributed by atoms with Crippen LogP contribution in [-0.2, 0) is 0 Å². The lowest BCUT2D eigenvalue weighted by Gasteiger charge is -2.28. The summed E-state index contributed by atoms with van der Waals surface area (Å²) in [5.41, 5.74) is 5.38. The van der Waals surface area contributed by atoms with Gasteiger partial charge in [-0.1, -0.05) is 55.5 Å². The highest BCUT2D eigenvalue weighted by atomic mass is 16.5. The number of hydrogen-bond donors (Lipinski definition) is 0. The van der Waals surface area contributed by atoms with E-state index in [1.165, 1.54) is 97.5 Å². The zero-order chi connectivity index (χ0) is 23.3. The minimum atomic E-state index is 0.622. The monoisotopic (exact) mass is 457 g/mol. The average Bonchev–Trinajstić information content (AvgIpc) is 2.89. The second-order valence-corrected chi connectivity index (χ2v) is 10.2. The van der Waals surface area contributed by atoms with Crippen molar-refractivity contribution in [3.05, 3.63) is 59.7 Å². The van der Waals surface area contributed by atoms with Gasteiger partial charge in [0.1, 0.15) is 18.1 Å². The van der Waals surface area contributed by atoms with Crippen molar-refractivity contribution < 1.29 is 9.47 Å². The molecule has 0 N–H and O–H groups in total. The topological polar surface area (TPSA) is 21.7 Å². The predicted molar refractivity (Wildman–Crippen MR) is 142 cm³/mol. The van der Waals surface area contributed by atoms with Crippen molar-refractivity contribution in [3.8, 4) is 22.6 Å². The van der Waals surface area contributed by atoms with Gasteiger partial charge in [-0.2, -0.15) is 0 Å². The van der Waals surface area contributed by atoms with Gasteiger partial charge in [-0.25, -0.2) is 0 Å². The molecule has 5 rings (SSSR count). The molecule has 1 heterocycles. The number of hydrogen-bond acceptors (Lipinski definition) is 3. The Balaban J connectivity index is 1.55. The third-order valence-corrected chi connectivity index (χ3v) is 7.82. The number of piperidine rings is 1. The van der Waals surface area contributed by atoms with E-state index in [2.05, 4.69) is 60.4 Å². The Morgan fingerprint density at radius 1 is 0.853 bits per heavy atom. The summed E-state index contributed by atoms with van der Waals surface area (Å²) in [6.07, 6.45) is 10.6. The Morgan fingerprint density at radius 3 is 2.44 bits per heavy atom. The third kappa shape index (κ3) is 5.10. The lowest BCUT2D eigenvalue weighted by molar-refractivity contribution is 0.183. The van der Waals surface area contributed by atoms with Crippen molar-refractivity contribution in [3.63, 3.8) is 0 Å². The SMILES string of the molecule is COc1ccc2c(-c3cc(C)ccc3OCCN3CCCCC3)c(C3CCCCC3)ccc2c1. The normalized spacial score (nSPS) is 17.7. The summed E-state index contributed by atoms with van der Waals surface area (Å²) in [4.78, 5) is 2.55. The second-order valence-electron chi connectivity index (χ2n) is 10.2. The van der Waals surface area contributed by atoms with Gasteiger partial charge in [-0.05, 0) is 97.8 Å². The Kier molecular flexibility index (Phi) is 7.39. The Labute approximate surface area is 205 Å². The molecule has 3 heteroatoms. The van der Waals surface area contributed by atoms with Crippen LogP contribution in [0, 0.1) is 6.92 Å². The molecule has 1 aliphatic heterocycles. The highest BCUT2D eigenvalue weighted by Gasteiger charge is 2.23. The van der Waals surface area contributed by atoms with Crippen LogP contribution in [0.4, 0.5) is 0 Å². The first-order valence-corrected chi connectivity index (χ1v) is 13.3. The number of rotatable bonds is 7. The third-order valence-electron chi connectivity index (χ3n) is 7.82. The number of aryl methyl sites for hydroxylation is 1. The molecule has 0 spiro atoms. The van der Waals surface area contributed by atoms with Gasteiger partial charge in [0, 0.05) is 12.1 Å². The first-order chi connectivity index (χ1) is 16.7. The number of methoxy groups -OCH3 is 1. The van der Waals surface area contributed by atoms with Crippen molar-refractivity contribution in [1.82, 2.24) is 4.90 Å². The van der Waals surface area contributed by atoms with E-state index >= 15 is 0 Å². The summed E-state index contributed by atoms with van der Waals surface area (Å²) >= 11 is 0. The van der Waals surface area contributed by atoms with E-state index < -0.39 is 0 Å². The van der Waals surface area contributed by atoms with E-state index in [1.807, 2.05) is 0 Å². The van der Waals surface area contributed by atoms with Gasteiger partial charge in [0.25, 0.3) is 0 Å². The number of ether oxygens (including phenoxy) is 2. The van der Waals surface area contributed by atoms with Crippen molar-refractivity contribution in [2.75, 3.05) is 33.4 Å². The van der Waals surface area contributed by atoms with Crippen molar-refractivity contribution in [2.24, 2.45) is 0 Å². The minimum absolute atomic E-state index is 0.622. The van der Waals surface area contributed by atoms with Crippen LogP contribution in [0.2, 0.25) is 0 Å². The molecule has 1 saturated carbocycles. The predicted octanol–water partition coefficient (Wildman–Crippen LogP) is 7.74. The van der Waals surface area contributed by atoms with E-state index in [0.29, 0.717) is 5.92 Å². The minimum Gasteiger partial charge on any atom is -0.497 e. The second kappa shape index (κ2) is 10.8. The smallest absolute Gasteiger partial charge is 0.127 e. The highest BCUT2D eigenvalue weighted by molar-refractivity contribution is 6.00. The molecular weight excluding hydrogens is 418 g/mol. The first-order valence-electron chi connectivity index (χ1n) is 13.3. The quantitative estimate of drug-likeness (QED) is 0.362. The molecule has 2 aliphatic rings.